The first kappa shape index (κ1) is 18.8. The number of aliphatic hydroxyl groups is 1. The Morgan fingerprint density at radius 3 is 2.96 bits per heavy atom. The lowest BCUT2D eigenvalue weighted by Crippen LogP contribution is -2.38. The number of aromatic amines is 1. The van der Waals surface area contributed by atoms with Crippen molar-refractivity contribution in [2.45, 2.75) is 25.2 Å². The summed E-state index contributed by atoms with van der Waals surface area (Å²) in [6, 6.07) is 4.68. The molecule has 0 unspecified atom stereocenters. The molecule has 0 spiro atoms. The van der Waals surface area contributed by atoms with Gasteiger partial charge in [-0.15, -0.1) is 0 Å². The van der Waals surface area contributed by atoms with Crippen molar-refractivity contribution < 1.29 is 19.4 Å². The molecule has 3 rings (SSSR count). The van der Waals surface area contributed by atoms with E-state index in [1.54, 1.807) is 34.9 Å². The molecule has 8 nitrogen and oxygen atoms in total. The zero-order chi connectivity index (χ0) is 18.8. The van der Waals surface area contributed by atoms with Crippen LogP contribution in [0.25, 0.3) is 11.4 Å². The predicted molar refractivity (Wildman–Crippen MR) is 97.5 cm³/mol. The molecule has 1 saturated heterocycles. The molecular formula is C16H19ClN4O4S. The van der Waals surface area contributed by atoms with E-state index >= 15 is 0 Å². The van der Waals surface area contributed by atoms with E-state index in [-0.39, 0.29) is 12.6 Å². The molecular weight excluding hydrogens is 380 g/mol. The predicted octanol–water partition coefficient (Wildman–Crippen LogP) is 1.84. The average molecular weight is 399 g/mol. The summed E-state index contributed by atoms with van der Waals surface area (Å²) in [5.41, 5.74) is 0.677. The van der Waals surface area contributed by atoms with Crippen molar-refractivity contribution >= 4 is 29.8 Å². The monoisotopic (exact) mass is 398 g/mol. The molecule has 10 heteroatoms. The second-order valence-corrected chi connectivity index (χ2v) is 6.77. The van der Waals surface area contributed by atoms with Crippen molar-refractivity contribution in [1.29, 1.82) is 0 Å². The Morgan fingerprint density at radius 1 is 1.50 bits per heavy atom. The van der Waals surface area contributed by atoms with E-state index in [0.717, 1.165) is 0 Å². The van der Waals surface area contributed by atoms with E-state index in [1.165, 1.54) is 7.11 Å². The number of benzene rings is 1. The van der Waals surface area contributed by atoms with Crippen LogP contribution in [0.15, 0.2) is 18.2 Å². The fourth-order valence-electron chi connectivity index (χ4n) is 3.04. The number of halogens is 1. The Bertz CT molecular complexity index is 868. The number of esters is 1. The van der Waals surface area contributed by atoms with Crippen LogP contribution >= 0.6 is 23.8 Å². The van der Waals surface area contributed by atoms with Gasteiger partial charge in [-0.05, 0) is 30.4 Å². The zero-order valence-electron chi connectivity index (χ0n) is 14.3. The Balaban J connectivity index is 1.89. The van der Waals surface area contributed by atoms with Crippen molar-refractivity contribution in [3.05, 3.63) is 28.0 Å². The first-order valence-corrected chi connectivity index (χ1v) is 8.72. The number of H-pyrrole nitrogens is 1. The summed E-state index contributed by atoms with van der Waals surface area (Å²) in [5, 5.41) is 13.6. The van der Waals surface area contributed by atoms with Crippen molar-refractivity contribution in [1.82, 2.24) is 19.7 Å². The SMILES string of the molecule is COC(=O)[C@@H]1C[C@H](O)CN1Cn1[nH]c(-c2cc(Cl)ccc2OC)nc1=S. The highest BCUT2D eigenvalue weighted by Gasteiger charge is 2.37. The number of aromatic nitrogens is 3. The Labute approximate surface area is 160 Å². The first-order chi connectivity index (χ1) is 12.4. The van der Waals surface area contributed by atoms with E-state index < -0.39 is 12.1 Å². The number of aliphatic hydroxyl groups excluding tert-OH is 1. The Morgan fingerprint density at radius 2 is 2.27 bits per heavy atom. The maximum atomic E-state index is 11.9. The smallest absolute Gasteiger partial charge is 0.323 e. The normalized spacial score (nSPS) is 20.3. The molecule has 1 aromatic heterocycles. The van der Waals surface area contributed by atoms with Gasteiger partial charge in [0.25, 0.3) is 0 Å². The van der Waals surface area contributed by atoms with Crippen LogP contribution in [0.3, 0.4) is 0 Å². The van der Waals surface area contributed by atoms with Gasteiger partial charge in [0.05, 0.1) is 32.6 Å². The Hall–Kier alpha value is -1.94. The van der Waals surface area contributed by atoms with Gasteiger partial charge in [-0.2, -0.15) is 4.98 Å². The van der Waals surface area contributed by atoms with Gasteiger partial charge in [-0.3, -0.25) is 14.8 Å². The molecule has 1 aromatic carbocycles. The number of carbonyl (C=O) groups is 1. The van der Waals surface area contributed by atoms with Gasteiger partial charge in [-0.25, -0.2) is 4.68 Å². The van der Waals surface area contributed by atoms with Crippen LogP contribution in [0.1, 0.15) is 6.42 Å². The number of rotatable bonds is 5. The Kier molecular flexibility index (Phi) is 5.61. The molecule has 1 fully saturated rings. The maximum Gasteiger partial charge on any atom is 0.323 e. The van der Waals surface area contributed by atoms with Gasteiger partial charge < -0.3 is 14.6 Å². The second kappa shape index (κ2) is 7.75. The van der Waals surface area contributed by atoms with Gasteiger partial charge in [0.2, 0.25) is 4.77 Å². The number of hydrogen-bond acceptors (Lipinski definition) is 7. The van der Waals surface area contributed by atoms with Crippen LogP contribution in [-0.4, -0.2) is 63.7 Å². The fraction of sp³-hybridized carbons (Fsp3) is 0.438. The number of methoxy groups -OCH3 is 2. The number of ether oxygens (including phenoxy) is 2. The quantitative estimate of drug-likeness (QED) is 0.586. The van der Waals surface area contributed by atoms with Crippen LogP contribution in [0.4, 0.5) is 0 Å². The minimum Gasteiger partial charge on any atom is -0.496 e. The fourth-order valence-corrected chi connectivity index (χ4v) is 3.40. The largest absolute Gasteiger partial charge is 0.496 e. The molecule has 0 radical (unpaired) electrons. The van der Waals surface area contributed by atoms with Crippen molar-refractivity contribution in [2.75, 3.05) is 20.8 Å². The minimum atomic E-state index is -0.594. The van der Waals surface area contributed by atoms with Crippen molar-refractivity contribution in [3.63, 3.8) is 0 Å². The molecule has 2 heterocycles. The molecule has 140 valence electrons. The van der Waals surface area contributed by atoms with Gasteiger partial charge in [-0.1, -0.05) is 11.6 Å². The first-order valence-electron chi connectivity index (χ1n) is 7.93. The minimum absolute atomic E-state index is 0.269. The molecule has 0 bridgehead atoms. The van der Waals surface area contributed by atoms with Gasteiger partial charge in [0.1, 0.15) is 11.8 Å². The van der Waals surface area contributed by atoms with E-state index in [2.05, 4.69) is 10.1 Å². The van der Waals surface area contributed by atoms with E-state index in [0.29, 0.717) is 39.9 Å². The number of β-amino-alcohol motifs (C(OH)–C–C–N with tert-alkyl or cyclic N) is 1. The van der Waals surface area contributed by atoms with Crippen LogP contribution in [0.5, 0.6) is 5.75 Å². The lowest BCUT2D eigenvalue weighted by Gasteiger charge is -2.21. The van der Waals surface area contributed by atoms with E-state index in [4.69, 9.17) is 33.3 Å². The number of nitrogens with zero attached hydrogens (tertiary/aromatic N) is 3. The highest BCUT2D eigenvalue weighted by molar-refractivity contribution is 7.71. The summed E-state index contributed by atoms with van der Waals surface area (Å²) in [4.78, 5) is 18.1. The molecule has 2 aromatic rings. The summed E-state index contributed by atoms with van der Waals surface area (Å²) in [7, 11) is 2.89. The lowest BCUT2D eigenvalue weighted by atomic mass is 10.2. The van der Waals surface area contributed by atoms with Crippen molar-refractivity contribution in [3.8, 4) is 17.1 Å². The second-order valence-electron chi connectivity index (χ2n) is 5.97. The maximum absolute atomic E-state index is 11.9. The molecule has 2 N–H and O–H groups in total. The number of hydrogen-bond donors (Lipinski definition) is 2. The number of nitrogens with one attached hydrogen (secondary N) is 1. The summed E-state index contributed by atoms with van der Waals surface area (Å²) in [5.74, 6) is 0.724. The van der Waals surface area contributed by atoms with Gasteiger partial charge in [0, 0.05) is 18.0 Å². The molecule has 1 aliphatic rings. The van der Waals surface area contributed by atoms with E-state index in [1.807, 2.05) is 0 Å². The van der Waals surface area contributed by atoms with Crippen LogP contribution in [-0.2, 0) is 16.2 Å². The molecule has 26 heavy (non-hydrogen) atoms. The highest BCUT2D eigenvalue weighted by atomic mass is 35.5. The van der Waals surface area contributed by atoms with Gasteiger partial charge >= 0.3 is 5.97 Å². The third-order valence-electron chi connectivity index (χ3n) is 4.27. The number of likely N-dealkylation sites (tertiary alicyclic amines) is 1. The lowest BCUT2D eigenvalue weighted by molar-refractivity contribution is -0.146. The van der Waals surface area contributed by atoms with Crippen LogP contribution in [0, 0.1) is 4.77 Å². The topological polar surface area (TPSA) is 92.6 Å². The third kappa shape index (κ3) is 3.75. The average Bonchev–Trinajstić information content (AvgIpc) is 3.17. The van der Waals surface area contributed by atoms with Crippen LogP contribution < -0.4 is 4.74 Å². The summed E-state index contributed by atoms with van der Waals surface area (Å²) >= 11 is 11.4. The summed E-state index contributed by atoms with van der Waals surface area (Å²) < 4.78 is 12.1. The zero-order valence-corrected chi connectivity index (χ0v) is 15.9. The summed E-state index contributed by atoms with van der Waals surface area (Å²) in [6.45, 7) is 0.613. The molecule has 0 amide bonds. The van der Waals surface area contributed by atoms with E-state index in [9.17, 15) is 9.90 Å². The van der Waals surface area contributed by atoms with Crippen LogP contribution in [0.2, 0.25) is 5.02 Å². The van der Waals surface area contributed by atoms with Gasteiger partial charge in [0.15, 0.2) is 5.82 Å². The number of carbonyl (C=O) groups excluding carboxylic acids is 1. The molecule has 2 atom stereocenters. The standard InChI is InChI=1S/C16H19ClN4O4S/c1-24-13-4-3-9(17)5-11(13)14-18-16(26)21(19-14)8-20-7-10(22)6-12(20)15(23)25-2/h3-5,10,12,22H,6-8H2,1-2H3,(H,18,19,26)/t10-,12-/m0/s1. The highest BCUT2D eigenvalue weighted by Crippen LogP contribution is 2.30. The molecule has 0 saturated carbocycles. The molecule has 0 aliphatic carbocycles. The van der Waals surface area contributed by atoms with Crippen molar-refractivity contribution in [2.24, 2.45) is 0 Å². The third-order valence-corrected chi connectivity index (χ3v) is 4.82. The summed E-state index contributed by atoms with van der Waals surface area (Å²) in [6.07, 6.45) is -0.271. The molecule has 1 aliphatic heterocycles.